The number of hydrogen-bond donors (Lipinski definition) is 0. The molecule has 0 aliphatic carbocycles. The maximum Gasteiger partial charge on any atom is 0.0998 e. The van der Waals surface area contributed by atoms with E-state index in [1.165, 1.54) is 0 Å². The molecule has 0 spiro atoms. The SMILES string of the molecule is N#Cc1cc(-n2c3ccccc3c3cc(C#N)ccc32)c(-c2ccncc2)c(-n2c3ccc(C#N)cc3c3cc(-c4cc5c6ccc(C#N)cc6n(-c6cc(C#N)cc(-n7c8cc(C#N)ccc8c8ccc(C#N)cc87)c6-c6ccncc6)c5cc4C#N)ccc32)c1. The summed E-state index contributed by atoms with van der Waals surface area (Å²) in [4.78, 5) is 8.80. The van der Waals surface area contributed by atoms with Crippen LogP contribution in [0.3, 0.4) is 0 Å². The van der Waals surface area contributed by atoms with Crippen molar-refractivity contribution in [1.29, 1.82) is 42.1 Å². The van der Waals surface area contributed by atoms with Gasteiger partial charge in [-0.25, -0.2) is 0 Å². The monoisotopic (exact) mass is 1170 g/mol. The molecule has 0 fully saturated rings. The molecular weight excluding hydrogens is 1130 g/mol. The fraction of sp³-hybridized carbons (Fsp3) is 0. The molecule has 0 aliphatic rings. The van der Waals surface area contributed by atoms with Gasteiger partial charge < -0.3 is 18.3 Å². The minimum Gasteiger partial charge on any atom is -0.308 e. The van der Waals surface area contributed by atoms with Crippen molar-refractivity contribution in [1.82, 2.24) is 28.2 Å². The summed E-state index contributed by atoms with van der Waals surface area (Å²) >= 11 is 0. The Morgan fingerprint density at radius 1 is 0.239 bits per heavy atom. The van der Waals surface area contributed by atoms with Gasteiger partial charge in [-0.15, -0.1) is 0 Å². The highest BCUT2D eigenvalue weighted by Gasteiger charge is 2.28. The lowest BCUT2D eigenvalue weighted by Gasteiger charge is -2.21. The highest BCUT2D eigenvalue weighted by Crippen LogP contribution is 2.47. The van der Waals surface area contributed by atoms with Crippen LogP contribution >= 0.6 is 0 Å². The van der Waals surface area contributed by atoms with Crippen molar-refractivity contribution < 1.29 is 0 Å². The molecule has 6 heterocycles. The van der Waals surface area contributed by atoms with E-state index < -0.39 is 0 Å². The maximum absolute atomic E-state index is 11.5. The lowest BCUT2D eigenvalue weighted by molar-refractivity contribution is 1.13. The summed E-state index contributed by atoms with van der Waals surface area (Å²) in [6.07, 6.45) is 6.84. The van der Waals surface area contributed by atoms with Crippen molar-refractivity contribution in [2.24, 2.45) is 0 Å². The topological polar surface area (TPSA) is 236 Å². The average molecular weight is 1170 g/mol. The number of benzene rings is 10. The quantitative estimate of drug-likeness (QED) is 0.146. The van der Waals surface area contributed by atoms with Crippen molar-refractivity contribution in [3.05, 3.63) is 263 Å². The molecule has 0 amide bonds. The smallest absolute Gasteiger partial charge is 0.0998 e. The van der Waals surface area contributed by atoms with Crippen molar-refractivity contribution in [3.8, 4) is 105 Å². The summed E-state index contributed by atoms with van der Waals surface area (Å²) in [5.41, 5.74) is 15.7. The van der Waals surface area contributed by atoms with E-state index in [4.69, 9.17) is 0 Å². The molecule has 14 heteroatoms. The first-order chi connectivity index (χ1) is 45.2. The second kappa shape index (κ2) is 20.7. The van der Waals surface area contributed by atoms with Gasteiger partial charge in [-0.2, -0.15) is 42.1 Å². The number of nitriles is 8. The number of nitrogens with zero attached hydrogens (tertiary/aromatic N) is 14. The molecule has 418 valence electrons. The molecule has 0 atom stereocenters. The lowest BCUT2D eigenvalue weighted by atomic mass is 9.95. The Labute approximate surface area is 522 Å². The van der Waals surface area contributed by atoms with Crippen LogP contribution in [0.4, 0.5) is 0 Å². The molecule has 16 rings (SSSR count). The second-order valence-electron chi connectivity index (χ2n) is 22.3. The van der Waals surface area contributed by atoms with Crippen LogP contribution in [0.15, 0.2) is 219 Å². The molecule has 16 aromatic rings. The third kappa shape index (κ3) is 7.92. The van der Waals surface area contributed by atoms with Crippen molar-refractivity contribution >= 4 is 87.2 Å². The summed E-state index contributed by atoms with van der Waals surface area (Å²) < 4.78 is 8.26. The predicted octanol–water partition coefficient (Wildman–Crippen LogP) is 16.8. The van der Waals surface area contributed by atoms with Crippen LogP contribution in [0, 0.1) is 90.6 Å². The van der Waals surface area contributed by atoms with E-state index in [-0.39, 0.29) is 5.56 Å². The summed E-state index contributed by atoms with van der Waals surface area (Å²) in [5.74, 6) is 0. The third-order valence-corrected chi connectivity index (χ3v) is 17.5. The Bertz CT molecular complexity index is 6290. The van der Waals surface area contributed by atoms with Gasteiger partial charge in [0.25, 0.3) is 0 Å². The zero-order valence-corrected chi connectivity index (χ0v) is 48.0. The zero-order chi connectivity index (χ0) is 62.5. The van der Waals surface area contributed by atoms with Crippen LogP contribution in [-0.4, -0.2) is 28.2 Å². The van der Waals surface area contributed by atoms with Gasteiger partial charge >= 0.3 is 0 Å². The van der Waals surface area contributed by atoms with E-state index in [1.54, 1.807) is 85.5 Å². The van der Waals surface area contributed by atoms with Crippen LogP contribution in [-0.2, 0) is 0 Å². The molecular formula is C78H36N14. The molecule has 10 aromatic carbocycles. The Morgan fingerprint density at radius 2 is 0.576 bits per heavy atom. The van der Waals surface area contributed by atoms with Gasteiger partial charge in [0, 0.05) is 84.6 Å². The Hall–Kier alpha value is -14.4. The van der Waals surface area contributed by atoms with Crippen molar-refractivity contribution in [2.75, 3.05) is 0 Å². The van der Waals surface area contributed by atoms with Crippen LogP contribution in [0.2, 0.25) is 0 Å². The number of fused-ring (bicyclic) bond motifs is 12. The minimum atomic E-state index is 0.288. The first-order valence-electron chi connectivity index (χ1n) is 29.0. The molecule has 0 saturated carbocycles. The highest BCUT2D eigenvalue weighted by molar-refractivity contribution is 6.16. The summed E-state index contributed by atoms with van der Waals surface area (Å²) in [7, 11) is 0. The molecule has 92 heavy (non-hydrogen) atoms. The number of para-hydroxylation sites is 1. The van der Waals surface area contributed by atoms with Crippen LogP contribution in [0.5, 0.6) is 0 Å². The van der Waals surface area contributed by atoms with Crippen LogP contribution in [0.25, 0.3) is 143 Å². The third-order valence-electron chi connectivity index (χ3n) is 17.5. The normalized spacial score (nSPS) is 11.2. The maximum atomic E-state index is 11.5. The molecule has 0 saturated heterocycles. The summed E-state index contributed by atoms with van der Waals surface area (Å²) in [6, 6.07) is 79.4. The Balaban J connectivity index is 0.963. The van der Waals surface area contributed by atoms with Gasteiger partial charge in [0.2, 0.25) is 0 Å². The van der Waals surface area contributed by atoms with E-state index >= 15 is 0 Å². The molecule has 0 aliphatic heterocycles. The number of hydrogen-bond acceptors (Lipinski definition) is 10. The van der Waals surface area contributed by atoms with Crippen LogP contribution < -0.4 is 0 Å². The van der Waals surface area contributed by atoms with Crippen LogP contribution in [0.1, 0.15) is 44.5 Å². The number of pyridine rings is 2. The first-order valence-corrected chi connectivity index (χ1v) is 29.0. The Kier molecular flexibility index (Phi) is 11.9. The minimum absolute atomic E-state index is 0.288. The fourth-order valence-corrected chi connectivity index (χ4v) is 13.6. The highest BCUT2D eigenvalue weighted by atomic mass is 15.0. The van der Waals surface area contributed by atoms with Crippen molar-refractivity contribution in [3.63, 3.8) is 0 Å². The molecule has 0 radical (unpaired) electrons. The van der Waals surface area contributed by atoms with Gasteiger partial charge in [0.1, 0.15) is 0 Å². The van der Waals surface area contributed by atoms with Gasteiger partial charge in [-0.05, 0) is 168 Å². The summed E-state index contributed by atoms with van der Waals surface area (Å²) in [5, 5.41) is 91.6. The lowest BCUT2D eigenvalue weighted by Crippen LogP contribution is -2.05. The second-order valence-corrected chi connectivity index (χ2v) is 22.3. The number of rotatable bonds is 7. The molecule has 0 bridgehead atoms. The van der Waals surface area contributed by atoms with Gasteiger partial charge in [-0.3, -0.25) is 9.97 Å². The zero-order valence-electron chi connectivity index (χ0n) is 48.0. The van der Waals surface area contributed by atoms with E-state index in [1.807, 2.05) is 143 Å². The molecule has 6 aromatic heterocycles. The summed E-state index contributed by atoms with van der Waals surface area (Å²) in [6.45, 7) is 0. The standard InChI is InChI=1S/C78H36N14/c79-37-45-8-14-66-61(25-45)56-3-1-2-4-65(56)89(66)73-30-50(42-84)31-74(77(73)52-17-21-87-22-18-52)90-67-15-9-46(38-80)26-62(67)63-34-54(10-16-68(63)90)60-36-64-59-13-7-49(41-83)29-71(59)92(72(64)35-55(60)44-86)76-33-51(43-85)32-75(78(76)53-19-23-88-24-20-53)91-69-27-47(39-81)5-11-57(69)58-12-6-48(40-82)28-70(58)91/h1-36H. The molecule has 0 unspecified atom stereocenters. The largest absolute Gasteiger partial charge is 0.308 e. The Morgan fingerprint density at radius 3 is 1.02 bits per heavy atom. The van der Waals surface area contributed by atoms with Gasteiger partial charge in [0.15, 0.2) is 0 Å². The fourth-order valence-electron chi connectivity index (χ4n) is 13.6. The average Bonchev–Trinajstić information content (AvgIpc) is 1.04. The predicted molar refractivity (Wildman–Crippen MR) is 353 cm³/mol. The van der Waals surface area contributed by atoms with Gasteiger partial charge in [0.05, 0.1) is 160 Å². The van der Waals surface area contributed by atoms with E-state index in [9.17, 15) is 42.1 Å². The molecule has 0 N–H and O–H groups in total. The number of aromatic nitrogens is 6. The first kappa shape index (κ1) is 53.1. The van der Waals surface area contributed by atoms with E-state index in [2.05, 4.69) is 67.7 Å². The van der Waals surface area contributed by atoms with Crippen molar-refractivity contribution in [2.45, 2.75) is 0 Å². The van der Waals surface area contributed by atoms with E-state index in [0.717, 1.165) is 81.8 Å². The molecule has 14 nitrogen and oxygen atoms in total. The van der Waals surface area contributed by atoms with Gasteiger partial charge in [-0.1, -0.05) is 42.5 Å². The van der Waals surface area contributed by atoms with E-state index in [0.29, 0.717) is 100 Å².